The molecule has 80 valence electrons. The van der Waals surface area contributed by atoms with E-state index in [9.17, 15) is 9.59 Å². The van der Waals surface area contributed by atoms with Crippen molar-refractivity contribution < 1.29 is 9.59 Å². The fourth-order valence-electron chi connectivity index (χ4n) is 1.15. The van der Waals surface area contributed by atoms with E-state index in [0.29, 0.717) is 16.1 Å². The van der Waals surface area contributed by atoms with Crippen LogP contribution in [-0.2, 0) is 11.2 Å². The van der Waals surface area contributed by atoms with Gasteiger partial charge in [-0.15, -0.1) is 0 Å². The zero-order chi connectivity index (χ0) is 11.4. The highest BCUT2D eigenvalue weighted by Crippen LogP contribution is 2.18. The first-order valence-electron chi connectivity index (χ1n) is 4.33. The van der Waals surface area contributed by atoms with Crippen molar-refractivity contribution in [3.63, 3.8) is 0 Å². The molecule has 1 aromatic rings. The molecule has 0 spiro atoms. The van der Waals surface area contributed by atoms with Crippen molar-refractivity contribution in [1.29, 1.82) is 0 Å². The highest BCUT2D eigenvalue weighted by atomic mass is 35.5. The molecule has 0 fully saturated rings. The number of hydrazine groups is 1. The maximum Gasteiger partial charge on any atom is 0.238 e. The predicted molar refractivity (Wildman–Crippen MR) is 57.5 cm³/mol. The van der Waals surface area contributed by atoms with Crippen molar-refractivity contribution in [3.05, 3.63) is 34.3 Å². The van der Waals surface area contributed by atoms with Crippen LogP contribution in [0.3, 0.4) is 0 Å². The summed E-state index contributed by atoms with van der Waals surface area (Å²) < 4.78 is 0. The van der Waals surface area contributed by atoms with Gasteiger partial charge in [-0.25, -0.2) is 5.84 Å². The van der Waals surface area contributed by atoms with Gasteiger partial charge in [0.05, 0.1) is 6.42 Å². The standard InChI is InChI=1S/C10H11ClN2O2/c1-6(14)7-2-3-9(11)8(4-7)5-10(15)13-12/h2-4H,5,12H2,1H3,(H,13,15). The number of ketones is 1. The minimum atomic E-state index is -0.349. The van der Waals surface area contributed by atoms with E-state index in [-0.39, 0.29) is 18.1 Å². The molecule has 1 aromatic carbocycles. The minimum Gasteiger partial charge on any atom is -0.295 e. The van der Waals surface area contributed by atoms with Crippen LogP contribution in [-0.4, -0.2) is 11.7 Å². The fourth-order valence-corrected chi connectivity index (χ4v) is 1.34. The average Bonchev–Trinajstić information content (AvgIpc) is 2.20. The highest BCUT2D eigenvalue weighted by molar-refractivity contribution is 6.31. The maximum atomic E-state index is 11.1. The van der Waals surface area contributed by atoms with Crippen molar-refractivity contribution in [2.75, 3.05) is 0 Å². The van der Waals surface area contributed by atoms with Gasteiger partial charge in [0.25, 0.3) is 0 Å². The SMILES string of the molecule is CC(=O)c1ccc(Cl)c(CC(=O)NN)c1. The zero-order valence-electron chi connectivity index (χ0n) is 8.21. The minimum absolute atomic E-state index is 0.0659. The number of amides is 1. The largest absolute Gasteiger partial charge is 0.295 e. The molecule has 0 unspecified atom stereocenters. The lowest BCUT2D eigenvalue weighted by molar-refractivity contribution is -0.120. The van der Waals surface area contributed by atoms with E-state index in [1.165, 1.54) is 6.92 Å². The van der Waals surface area contributed by atoms with E-state index in [1.54, 1.807) is 18.2 Å². The Morgan fingerprint density at radius 3 is 2.67 bits per heavy atom. The predicted octanol–water partition coefficient (Wildman–Crippen LogP) is 1.08. The van der Waals surface area contributed by atoms with Gasteiger partial charge in [-0.05, 0) is 30.7 Å². The molecular weight excluding hydrogens is 216 g/mol. The summed E-state index contributed by atoms with van der Waals surface area (Å²) in [5.74, 6) is 4.54. The molecule has 0 saturated carbocycles. The molecule has 0 aliphatic carbocycles. The summed E-state index contributed by atoms with van der Waals surface area (Å²) in [6.45, 7) is 1.45. The van der Waals surface area contributed by atoms with Crippen molar-refractivity contribution in [2.45, 2.75) is 13.3 Å². The number of halogens is 1. The Hall–Kier alpha value is -1.39. The number of nitrogens with one attached hydrogen (secondary N) is 1. The Kier molecular flexibility index (Phi) is 3.82. The molecule has 0 bridgehead atoms. The second kappa shape index (κ2) is 4.91. The summed E-state index contributed by atoms with van der Waals surface area (Å²) in [5.41, 5.74) is 3.12. The number of hydrogen-bond donors (Lipinski definition) is 2. The number of carbonyl (C=O) groups excluding carboxylic acids is 2. The van der Waals surface area contributed by atoms with E-state index in [0.717, 1.165) is 0 Å². The molecule has 0 atom stereocenters. The Bertz CT molecular complexity index is 404. The summed E-state index contributed by atoms with van der Waals surface area (Å²) >= 11 is 5.87. The molecular formula is C10H11ClN2O2. The first kappa shape index (κ1) is 11.7. The van der Waals surface area contributed by atoms with Crippen molar-refractivity contribution >= 4 is 23.3 Å². The summed E-state index contributed by atoms with van der Waals surface area (Å²) in [4.78, 5) is 22.1. The lowest BCUT2D eigenvalue weighted by atomic mass is 10.1. The first-order valence-corrected chi connectivity index (χ1v) is 4.71. The molecule has 1 amide bonds. The van der Waals surface area contributed by atoms with Gasteiger partial charge >= 0.3 is 0 Å². The van der Waals surface area contributed by atoms with Crippen LogP contribution in [0.1, 0.15) is 22.8 Å². The number of carbonyl (C=O) groups is 2. The number of hydrogen-bond acceptors (Lipinski definition) is 3. The molecule has 3 N–H and O–H groups in total. The van der Waals surface area contributed by atoms with Crippen LogP contribution >= 0.6 is 11.6 Å². The summed E-state index contributed by atoms with van der Waals surface area (Å²) in [6.07, 6.45) is 0.0659. The second-order valence-electron chi connectivity index (χ2n) is 3.11. The van der Waals surface area contributed by atoms with Crippen molar-refractivity contribution in [1.82, 2.24) is 5.43 Å². The highest BCUT2D eigenvalue weighted by Gasteiger charge is 2.08. The molecule has 5 heteroatoms. The van der Waals surface area contributed by atoms with Gasteiger partial charge in [-0.1, -0.05) is 11.6 Å². The van der Waals surface area contributed by atoms with Crippen molar-refractivity contribution in [3.8, 4) is 0 Å². The fraction of sp³-hybridized carbons (Fsp3) is 0.200. The lowest BCUT2D eigenvalue weighted by Crippen LogP contribution is -2.31. The lowest BCUT2D eigenvalue weighted by Gasteiger charge is -2.05. The number of rotatable bonds is 3. The molecule has 1 rings (SSSR count). The summed E-state index contributed by atoms with van der Waals surface area (Å²) in [5, 5.41) is 0.448. The average molecular weight is 227 g/mol. The van der Waals surface area contributed by atoms with Crippen LogP contribution in [0.2, 0.25) is 5.02 Å². The Labute approximate surface area is 92.4 Å². The van der Waals surface area contributed by atoms with Crippen LogP contribution < -0.4 is 11.3 Å². The number of benzene rings is 1. The van der Waals surface area contributed by atoms with Gasteiger partial charge in [0.2, 0.25) is 5.91 Å². The molecule has 0 aliphatic heterocycles. The molecule has 4 nitrogen and oxygen atoms in total. The number of Topliss-reactive ketones (excluding diaryl/α,β-unsaturated/α-hetero) is 1. The molecule has 15 heavy (non-hydrogen) atoms. The first-order chi connectivity index (χ1) is 7.04. The number of nitrogens with two attached hydrogens (primary N) is 1. The van der Waals surface area contributed by atoms with E-state index >= 15 is 0 Å². The third-order valence-electron chi connectivity index (χ3n) is 1.96. The van der Waals surface area contributed by atoms with Crippen molar-refractivity contribution in [2.24, 2.45) is 5.84 Å². The van der Waals surface area contributed by atoms with Crippen LogP contribution in [0.15, 0.2) is 18.2 Å². The van der Waals surface area contributed by atoms with Crippen LogP contribution in [0.25, 0.3) is 0 Å². The van der Waals surface area contributed by atoms with Gasteiger partial charge in [0, 0.05) is 10.6 Å². The second-order valence-corrected chi connectivity index (χ2v) is 3.51. The maximum absolute atomic E-state index is 11.1. The van der Waals surface area contributed by atoms with Crippen LogP contribution in [0.4, 0.5) is 0 Å². The van der Waals surface area contributed by atoms with E-state index in [1.807, 2.05) is 5.43 Å². The third-order valence-corrected chi connectivity index (χ3v) is 2.33. The quantitative estimate of drug-likeness (QED) is 0.351. The zero-order valence-corrected chi connectivity index (χ0v) is 8.97. The van der Waals surface area contributed by atoms with Gasteiger partial charge in [-0.3, -0.25) is 15.0 Å². The normalized spacial score (nSPS) is 9.80. The topological polar surface area (TPSA) is 72.2 Å². The van der Waals surface area contributed by atoms with E-state index in [4.69, 9.17) is 17.4 Å². The Morgan fingerprint density at radius 1 is 1.47 bits per heavy atom. The summed E-state index contributed by atoms with van der Waals surface area (Å²) in [7, 11) is 0. The van der Waals surface area contributed by atoms with Crippen LogP contribution in [0.5, 0.6) is 0 Å². The van der Waals surface area contributed by atoms with Crippen LogP contribution in [0, 0.1) is 0 Å². The van der Waals surface area contributed by atoms with Gasteiger partial charge < -0.3 is 0 Å². The molecule has 0 heterocycles. The Morgan fingerprint density at radius 2 is 2.13 bits per heavy atom. The summed E-state index contributed by atoms with van der Waals surface area (Å²) in [6, 6.07) is 4.81. The smallest absolute Gasteiger partial charge is 0.238 e. The molecule has 0 aliphatic rings. The molecule has 0 saturated heterocycles. The van der Waals surface area contributed by atoms with Gasteiger partial charge in [0.15, 0.2) is 5.78 Å². The Balaban J connectivity index is 3.00. The molecule has 0 radical (unpaired) electrons. The molecule has 0 aromatic heterocycles. The van der Waals surface area contributed by atoms with Gasteiger partial charge in [-0.2, -0.15) is 0 Å². The third kappa shape index (κ3) is 3.04. The van der Waals surface area contributed by atoms with Gasteiger partial charge in [0.1, 0.15) is 0 Å². The van der Waals surface area contributed by atoms with E-state index in [2.05, 4.69) is 0 Å². The monoisotopic (exact) mass is 226 g/mol. The van der Waals surface area contributed by atoms with E-state index < -0.39 is 0 Å².